The third-order valence-corrected chi connectivity index (χ3v) is 15.7. The first-order chi connectivity index (χ1) is 31.3. The van der Waals surface area contributed by atoms with E-state index in [9.17, 15) is 42.3 Å². The van der Waals surface area contributed by atoms with Crippen LogP contribution < -0.4 is 31.7 Å². The number of sulfonamides is 1. The number of rotatable bonds is 14. The number of aryl methyl sites for hydroxylation is 1. The van der Waals surface area contributed by atoms with Gasteiger partial charge in [-0.05, 0) is 86.7 Å². The molecule has 3 fully saturated rings. The normalized spacial score (nSPS) is 18.9. The smallest absolute Gasteiger partial charge is 0.349 e. The molecule has 3 aliphatic heterocycles. The number of aromatic carboxylic acids is 1. The number of aromatic nitrogens is 2. The molecule has 22 heteroatoms. The van der Waals surface area contributed by atoms with Gasteiger partial charge in [0.2, 0.25) is 21.8 Å². The summed E-state index contributed by atoms with van der Waals surface area (Å²) < 4.78 is 37.6. The SMILES string of the molecule is Cn1c(=O)n(C2CCC(=O)NC2=O)c2ccc(NC3CN(C(=O)Nc4cccc(CS(=O)(=O)N5CC[C@H](Nc6cccc(-c7sc(C(=O)O)c(OCC(=O)O)c7Cl)c6)CC5(C)C)c4)C3)cc21. The number of hydrogen-bond acceptors (Lipinski definition) is 12. The summed E-state index contributed by atoms with van der Waals surface area (Å²) in [5.74, 6) is -3.93. The van der Waals surface area contributed by atoms with Gasteiger partial charge >= 0.3 is 23.7 Å². The Balaban J connectivity index is 0.845. The number of nitrogens with one attached hydrogen (secondary N) is 4. The van der Waals surface area contributed by atoms with Crippen molar-refractivity contribution in [2.24, 2.45) is 7.05 Å². The molecule has 0 saturated carbocycles. The maximum absolute atomic E-state index is 14.0. The summed E-state index contributed by atoms with van der Waals surface area (Å²) >= 11 is 7.39. The number of anilines is 3. The van der Waals surface area contributed by atoms with E-state index < -0.39 is 46.1 Å². The quantitative estimate of drug-likeness (QED) is 0.0767. The van der Waals surface area contributed by atoms with Crippen LogP contribution in [0.1, 0.15) is 60.8 Å². The monoisotopic (exact) mass is 962 g/mol. The fourth-order valence-electron chi connectivity index (χ4n) is 8.88. The number of urea groups is 1. The van der Waals surface area contributed by atoms with Crippen molar-refractivity contribution in [3.63, 3.8) is 0 Å². The molecule has 3 aliphatic rings. The Morgan fingerprint density at radius 3 is 2.35 bits per heavy atom. The minimum Gasteiger partial charge on any atom is -0.479 e. The van der Waals surface area contributed by atoms with Crippen LogP contribution in [0.3, 0.4) is 0 Å². The maximum atomic E-state index is 14.0. The van der Waals surface area contributed by atoms with Gasteiger partial charge < -0.3 is 35.8 Å². The number of likely N-dealkylation sites (tertiary alicyclic amines) is 1. The second-order valence-electron chi connectivity index (χ2n) is 17.2. The van der Waals surface area contributed by atoms with Gasteiger partial charge in [-0.3, -0.25) is 24.0 Å². The highest BCUT2D eigenvalue weighted by molar-refractivity contribution is 7.88. The van der Waals surface area contributed by atoms with E-state index in [0.29, 0.717) is 64.3 Å². The van der Waals surface area contributed by atoms with Gasteiger partial charge in [-0.1, -0.05) is 35.9 Å². The number of fused-ring (bicyclic) bond motifs is 1. The molecule has 2 atom stereocenters. The highest BCUT2D eigenvalue weighted by atomic mass is 35.5. The number of imidazole rings is 1. The topological polar surface area (TPSA) is 251 Å². The summed E-state index contributed by atoms with van der Waals surface area (Å²) in [5.41, 5.74) is 3.03. The molecule has 0 aliphatic carbocycles. The van der Waals surface area contributed by atoms with Crippen LogP contribution in [0.15, 0.2) is 71.5 Å². The number of imide groups is 1. The van der Waals surface area contributed by atoms with Crippen molar-refractivity contribution in [2.45, 2.75) is 68.9 Å². The van der Waals surface area contributed by atoms with Crippen LogP contribution in [0.5, 0.6) is 5.75 Å². The maximum Gasteiger partial charge on any atom is 0.349 e. The lowest BCUT2D eigenvalue weighted by atomic mass is 9.89. The first-order valence-electron chi connectivity index (χ1n) is 21.0. The van der Waals surface area contributed by atoms with Crippen molar-refractivity contribution in [1.82, 2.24) is 23.7 Å². The van der Waals surface area contributed by atoms with Gasteiger partial charge in [-0.25, -0.2) is 27.6 Å². The van der Waals surface area contributed by atoms with Crippen LogP contribution in [0.4, 0.5) is 21.9 Å². The number of ether oxygens (including phenoxy) is 1. The minimum atomic E-state index is -3.81. The average molecular weight is 963 g/mol. The number of hydrogen-bond donors (Lipinski definition) is 6. The molecule has 6 N–H and O–H groups in total. The van der Waals surface area contributed by atoms with Crippen molar-refractivity contribution in [3.8, 4) is 16.2 Å². The molecule has 1 unspecified atom stereocenters. The fraction of sp³-hybridized carbons (Fsp3) is 0.364. The first kappa shape index (κ1) is 46.1. The Morgan fingerprint density at radius 2 is 1.64 bits per heavy atom. The van der Waals surface area contributed by atoms with Gasteiger partial charge in [0, 0.05) is 61.7 Å². The van der Waals surface area contributed by atoms with Gasteiger partial charge in [0.15, 0.2) is 17.2 Å². The van der Waals surface area contributed by atoms with Gasteiger partial charge in [-0.15, -0.1) is 11.3 Å². The molecule has 5 aromatic rings. The zero-order chi connectivity index (χ0) is 47.2. The molecular weight excluding hydrogens is 916 g/mol. The summed E-state index contributed by atoms with van der Waals surface area (Å²) in [6.07, 6.45) is 1.35. The number of piperidine rings is 2. The van der Waals surface area contributed by atoms with Crippen molar-refractivity contribution < 1.29 is 47.3 Å². The molecule has 0 radical (unpaired) electrons. The molecular formula is C44H47ClN8O11S2. The second-order valence-corrected chi connectivity index (χ2v) is 20.5. The lowest BCUT2D eigenvalue weighted by Gasteiger charge is -2.45. The summed E-state index contributed by atoms with van der Waals surface area (Å²) in [6, 6.07) is 18.0. The Kier molecular flexibility index (Phi) is 12.7. The fourth-order valence-corrected chi connectivity index (χ4v) is 12.2. The molecule has 4 amide bonds. The van der Waals surface area contributed by atoms with E-state index in [1.165, 1.54) is 13.4 Å². The molecule has 19 nitrogen and oxygen atoms in total. The summed E-state index contributed by atoms with van der Waals surface area (Å²) in [4.78, 5) is 75.4. The molecule has 2 aromatic heterocycles. The number of aliphatic carboxylic acids is 1. The molecule has 3 aromatic carbocycles. The van der Waals surface area contributed by atoms with Crippen LogP contribution in [-0.2, 0) is 37.2 Å². The molecule has 0 bridgehead atoms. The number of amides is 4. The van der Waals surface area contributed by atoms with Crippen molar-refractivity contribution >= 4 is 90.8 Å². The highest BCUT2D eigenvalue weighted by Gasteiger charge is 2.42. The Bertz CT molecular complexity index is 2960. The standard InChI is InChI=1S/C44H47ClN8O11S2/c1-44(2)19-29(46-27-9-5-7-25(17-27)38-36(45)37(64-22-35(55)56)39(65-38)41(58)59)14-15-52(44)66(62,63)23-24-6-4-8-26(16-24)48-42(60)51-20-30(21-51)47-28-10-11-31-33(18-28)50(3)43(61)53(31)32-12-13-34(54)49-40(32)57/h4-11,16-18,29-30,32,46-47H,12-15,19-23H2,1-3H3,(H,48,60)(H,55,56)(H,58,59)(H,49,54,57)/t29-,32?/m0/s1. The van der Waals surface area contributed by atoms with Gasteiger partial charge in [0.25, 0.3) is 0 Å². The van der Waals surface area contributed by atoms with Crippen LogP contribution in [-0.4, -0.2) is 111 Å². The van der Waals surface area contributed by atoms with E-state index in [1.807, 2.05) is 26.0 Å². The number of halogens is 1. The number of benzene rings is 3. The number of carbonyl (C=O) groups excluding carboxylic acids is 3. The van der Waals surface area contributed by atoms with E-state index in [0.717, 1.165) is 17.0 Å². The second kappa shape index (κ2) is 18.1. The van der Waals surface area contributed by atoms with E-state index in [-0.39, 0.29) is 70.5 Å². The van der Waals surface area contributed by atoms with Crippen LogP contribution in [0.25, 0.3) is 21.5 Å². The van der Waals surface area contributed by atoms with Gasteiger partial charge in [0.05, 0.1) is 27.7 Å². The first-order valence-corrected chi connectivity index (χ1v) is 23.8. The Hall–Kier alpha value is -6.42. The summed E-state index contributed by atoms with van der Waals surface area (Å²) in [6.45, 7) is 4.02. The van der Waals surface area contributed by atoms with E-state index in [1.54, 1.807) is 66.5 Å². The third kappa shape index (κ3) is 9.46. The molecule has 5 heterocycles. The zero-order valence-electron chi connectivity index (χ0n) is 36.0. The highest BCUT2D eigenvalue weighted by Crippen LogP contribution is 2.46. The van der Waals surface area contributed by atoms with Gasteiger partial charge in [0.1, 0.15) is 11.1 Å². The number of thiophene rings is 1. The van der Waals surface area contributed by atoms with Crippen molar-refractivity contribution in [3.05, 3.63) is 92.7 Å². The Labute approximate surface area is 387 Å². The largest absolute Gasteiger partial charge is 0.479 e. The summed E-state index contributed by atoms with van der Waals surface area (Å²) in [5, 5.41) is 30.8. The van der Waals surface area contributed by atoms with Crippen molar-refractivity contribution in [2.75, 3.05) is 42.2 Å². The van der Waals surface area contributed by atoms with E-state index >= 15 is 0 Å². The van der Waals surface area contributed by atoms with Crippen LogP contribution >= 0.6 is 22.9 Å². The van der Waals surface area contributed by atoms with Crippen LogP contribution in [0.2, 0.25) is 5.02 Å². The molecule has 8 rings (SSSR count). The zero-order valence-corrected chi connectivity index (χ0v) is 38.4. The predicted octanol–water partition coefficient (Wildman–Crippen LogP) is 5.37. The lowest BCUT2D eigenvalue weighted by molar-refractivity contribution is -0.139. The van der Waals surface area contributed by atoms with Gasteiger partial charge in [-0.2, -0.15) is 4.31 Å². The number of carbonyl (C=O) groups is 5. The lowest BCUT2D eigenvalue weighted by Crippen LogP contribution is -2.58. The third-order valence-electron chi connectivity index (χ3n) is 12.0. The minimum absolute atomic E-state index is 0.00610. The number of carboxylic acids is 2. The Morgan fingerprint density at radius 1 is 0.924 bits per heavy atom. The van der Waals surface area contributed by atoms with Crippen LogP contribution in [0, 0.1) is 0 Å². The number of nitrogens with zero attached hydrogens (tertiary/aromatic N) is 4. The predicted molar refractivity (Wildman–Crippen MR) is 248 cm³/mol. The van der Waals surface area contributed by atoms with E-state index in [2.05, 4.69) is 21.3 Å². The average Bonchev–Trinajstić information content (AvgIpc) is 3.69. The summed E-state index contributed by atoms with van der Waals surface area (Å²) in [7, 11) is -2.19. The van der Waals surface area contributed by atoms with Crippen molar-refractivity contribution in [1.29, 1.82) is 0 Å². The molecule has 66 heavy (non-hydrogen) atoms. The molecule has 3 saturated heterocycles. The van der Waals surface area contributed by atoms with E-state index in [4.69, 9.17) is 21.4 Å². The molecule has 0 spiro atoms. The number of carboxylic acid groups (broad SMARTS) is 2. The molecule has 348 valence electrons.